The first-order valence-corrected chi connectivity index (χ1v) is 6.99. The van der Waals surface area contributed by atoms with Gasteiger partial charge in [-0.15, -0.1) is 0 Å². The minimum Gasteiger partial charge on any atom is -0.363 e. The summed E-state index contributed by atoms with van der Waals surface area (Å²) in [6.45, 7) is 1.89. The Labute approximate surface area is 120 Å². The quantitative estimate of drug-likeness (QED) is 0.779. The predicted octanol–water partition coefficient (Wildman–Crippen LogP) is 1.13. The van der Waals surface area contributed by atoms with Crippen molar-refractivity contribution in [1.29, 1.82) is 0 Å². The van der Waals surface area contributed by atoms with Crippen LogP contribution in [0.2, 0.25) is 0 Å². The molecule has 2 heterocycles. The van der Waals surface area contributed by atoms with E-state index >= 15 is 0 Å². The molecule has 0 aromatic carbocycles. The second-order valence-corrected chi connectivity index (χ2v) is 5.46. The van der Waals surface area contributed by atoms with Crippen LogP contribution in [0.15, 0.2) is 25.6 Å². The number of carbonyl (C=O) groups excluding carboxylic acids is 1. The Morgan fingerprint density at radius 2 is 2.21 bits per heavy atom. The number of pyridine rings is 1. The Kier molecular flexibility index (Phi) is 4.01. The SMILES string of the molecule is Cc1[nH]cc(C(=O)NCc2csc(=O)[nH]2)c(=O)c1Br. The average molecular weight is 344 g/mol. The number of aromatic nitrogens is 2. The van der Waals surface area contributed by atoms with E-state index < -0.39 is 5.91 Å². The number of amides is 1. The van der Waals surface area contributed by atoms with E-state index in [1.807, 2.05) is 0 Å². The van der Waals surface area contributed by atoms with Gasteiger partial charge in [-0.1, -0.05) is 11.3 Å². The molecular weight excluding hydrogens is 334 g/mol. The van der Waals surface area contributed by atoms with Crippen molar-refractivity contribution in [3.8, 4) is 0 Å². The van der Waals surface area contributed by atoms with E-state index in [0.717, 1.165) is 11.3 Å². The van der Waals surface area contributed by atoms with Crippen LogP contribution in [-0.4, -0.2) is 15.9 Å². The van der Waals surface area contributed by atoms with Crippen molar-refractivity contribution in [2.45, 2.75) is 13.5 Å². The van der Waals surface area contributed by atoms with Crippen molar-refractivity contribution < 1.29 is 4.79 Å². The predicted molar refractivity (Wildman–Crippen MR) is 75.6 cm³/mol. The number of hydrogen-bond donors (Lipinski definition) is 3. The first-order chi connectivity index (χ1) is 8.99. The van der Waals surface area contributed by atoms with Crippen LogP contribution in [0.3, 0.4) is 0 Å². The second-order valence-electron chi connectivity index (χ2n) is 3.83. The van der Waals surface area contributed by atoms with Crippen molar-refractivity contribution >= 4 is 33.2 Å². The molecule has 0 spiro atoms. The minimum absolute atomic E-state index is 0.0232. The van der Waals surface area contributed by atoms with Crippen molar-refractivity contribution in [2.75, 3.05) is 0 Å². The topological polar surface area (TPSA) is 94.8 Å². The molecule has 0 saturated carbocycles. The van der Waals surface area contributed by atoms with Crippen molar-refractivity contribution in [1.82, 2.24) is 15.3 Å². The molecule has 19 heavy (non-hydrogen) atoms. The summed E-state index contributed by atoms with van der Waals surface area (Å²) in [4.78, 5) is 39.9. The average Bonchev–Trinajstić information content (AvgIpc) is 2.79. The third kappa shape index (κ3) is 3.02. The van der Waals surface area contributed by atoms with E-state index in [0.29, 0.717) is 15.9 Å². The van der Waals surface area contributed by atoms with Gasteiger partial charge in [0.05, 0.1) is 11.0 Å². The second kappa shape index (κ2) is 5.54. The zero-order chi connectivity index (χ0) is 14.0. The number of hydrogen-bond acceptors (Lipinski definition) is 4. The molecule has 2 rings (SSSR count). The third-order valence-corrected chi connectivity index (χ3v) is 4.13. The summed E-state index contributed by atoms with van der Waals surface area (Å²) >= 11 is 4.15. The maximum absolute atomic E-state index is 11.9. The van der Waals surface area contributed by atoms with Gasteiger partial charge >= 0.3 is 4.87 Å². The van der Waals surface area contributed by atoms with Crippen LogP contribution >= 0.6 is 27.3 Å². The molecule has 0 aliphatic rings. The van der Waals surface area contributed by atoms with Crippen molar-refractivity contribution in [3.63, 3.8) is 0 Å². The molecule has 0 radical (unpaired) electrons. The summed E-state index contributed by atoms with van der Waals surface area (Å²) in [5, 5.41) is 4.20. The number of rotatable bonds is 3. The van der Waals surface area contributed by atoms with E-state index in [9.17, 15) is 14.4 Å². The van der Waals surface area contributed by atoms with Gasteiger partial charge in [-0.3, -0.25) is 14.4 Å². The summed E-state index contributed by atoms with van der Waals surface area (Å²) in [6.07, 6.45) is 1.37. The van der Waals surface area contributed by atoms with Crippen molar-refractivity contribution in [3.05, 3.63) is 52.9 Å². The lowest BCUT2D eigenvalue weighted by Crippen LogP contribution is -2.29. The van der Waals surface area contributed by atoms with Crippen LogP contribution in [0.1, 0.15) is 21.7 Å². The molecule has 0 fully saturated rings. The van der Waals surface area contributed by atoms with Gasteiger partial charge in [0, 0.05) is 23.0 Å². The molecule has 6 nitrogen and oxygen atoms in total. The first-order valence-electron chi connectivity index (χ1n) is 5.31. The fraction of sp³-hybridized carbons (Fsp3) is 0.182. The van der Waals surface area contributed by atoms with Gasteiger partial charge in [0.2, 0.25) is 5.43 Å². The molecule has 2 aromatic rings. The van der Waals surface area contributed by atoms with Crippen LogP contribution in [0.25, 0.3) is 0 Å². The maximum Gasteiger partial charge on any atom is 0.304 e. The minimum atomic E-state index is -0.492. The molecule has 0 aliphatic heterocycles. The van der Waals surface area contributed by atoms with Gasteiger partial charge in [0.25, 0.3) is 5.91 Å². The lowest BCUT2D eigenvalue weighted by Gasteiger charge is -2.05. The monoisotopic (exact) mass is 343 g/mol. The molecule has 8 heteroatoms. The number of aryl methyl sites for hydroxylation is 1. The summed E-state index contributed by atoms with van der Waals surface area (Å²) in [5.41, 5.74) is 0.914. The largest absolute Gasteiger partial charge is 0.363 e. The Morgan fingerprint density at radius 1 is 1.47 bits per heavy atom. The van der Waals surface area contributed by atoms with Crippen LogP contribution in [0.5, 0.6) is 0 Å². The van der Waals surface area contributed by atoms with Crippen LogP contribution in [0, 0.1) is 6.92 Å². The molecule has 0 unspecified atom stereocenters. The highest BCUT2D eigenvalue weighted by atomic mass is 79.9. The smallest absolute Gasteiger partial charge is 0.304 e. The molecule has 100 valence electrons. The lowest BCUT2D eigenvalue weighted by molar-refractivity contribution is 0.0949. The maximum atomic E-state index is 11.9. The van der Waals surface area contributed by atoms with Gasteiger partial charge in [-0.25, -0.2) is 0 Å². The van der Waals surface area contributed by atoms with Crippen molar-refractivity contribution in [2.24, 2.45) is 0 Å². The lowest BCUT2D eigenvalue weighted by atomic mass is 10.2. The number of halogens is 1. The number of thiazole rings is 1. The number of carbonyl (C=O) groups is 1. The highest BCUT2D eigenvalue weighted by Gasteiger charge is 2.13. The van der Waals surface area contributed by atoms with Gasteiger partial charge in [-0.2, -0.15) is 0 Å². The summed E-state index contributed by atoms with van der Waals surface area (Å²) in [5.74, 6) is -0.492. The third-order valence-electron chi connectivity index (χ3n) is 2.46. The zero-order valence-corrected chi connectivity index (χ0v) is 12.3. The van der Waals surface area contributed by atoms with Crippen LogP contribution in [0.4, 0.5) is 0 Å². The molecule has 0 bridgehead atoms. The standard InChI is InChI=1S/C11H10BrN3O3S/c1-5-8(12)9(16)7(3-13-5)10(17)14-2-6-4-19-11(18)15-6/h3-4H,2H2,1H3,(H,13,16)(H,14,17)(H,15,18). The normalized spacial score (nSPS) is 10.4. The Morgan fingerprint density at radius 3 is 2.84 bits per heavy atom. The van der Waals surface area contributed by atoms with Gasteiger partial charge in [0.1, 0.15) is 5.56 Å². The molecule has 2 aromatic heterocycles. The Balaban J connectivity index is 2.15. The zero-order valence-electron chi connectivity index (χ0n) is 9.87. The molecule has 1 amide bonds. The van der Waals surface area contributed by atoms with Crippen LogP contribution in [-0.2, 0) is 6.54 Å². The fourth-order valence-corrected chi connectivity index (χ4v) is 2.35. The van der Waals surface area contributed by atoms with Gasteiger partial charge in [-0.05, 0) is 22.9 Å². The van der Waals surface area contributed by atoms with Gasteiger partial charge in [0.15, 0.2) is 0 Å². The van der Waals surface area contributed by atoms with E-state index in [-0.39, 0.29) is 22.4 Å². The summed E-state index contributed by atoms with van der Waals surface area (Å²) in [6, 6.07) is 0. The Bertz CT molecular complexity index is 731. The van der Waals surface area contributed by atoms with Gasteiger partial charge < -0.3 is 15.3 Å². The molecule has 0 atom stereocenters. The van der Waals surface area contributed by atoms with E-state index in [2.05, 4.69) is 31.2 Å². The highest BCUT2D eigenvalue weighted by molar-refractivity contribution is 9.10. The van der Waals surface area contributed by atoms with E-state index in [1.54, 1.807) is 12.3 Å². The summed E-state index contributed by atoms with van der Waals surface area (Å²) in [7, 11) is 0. The Hall–Kier alpha value is -1.67. The number of nitrogens with one attached hydrogen (secondary N) is 3. The van der Waals surface area contributed by atoms with Crippen LogP contribution < -0.4 is 15.6 Å². The van der Waals surface area contributed by atoms with E-state index in [4.69, 9.17) is 0 Å². The number of H-pyrrole nitrogens is 2. The summed E-state index contributed by atoms with van der Waals surface area (Å²) < 4.78 is 0.337. The molecule has 0 aliphatic carbocycles. The molecule has 0 saturated heterocycles. The molecule has 3 N–H and O–H groups in total. The molecular formula is C11H10BrN3O3S. The first kappa shape index (κ1) is 13.8. The number of aromatic amines is 2. The highest BCUT2D eigenvalue weighted by Crippen LogP contribution is 2.08. The van der Waals surface area contributed by atoms with E-state index in [1.165, 1.54) is 6.20 Å². The fourth-order valence-electron chi connectivity index (χ4n) is 1.44.